The average molecular weight is 216 g/mol. The van der Waals surface area contributed by atoms with Gasteiger partial charge in [0, 0.05) is 31.4 Å². The van der Waals surface area contributed by atoms with Crippen molar-refractivity contribution in [2.24, 2.45) is 0 Å². The van der Waals surface area contributed by atoms with Gasteiger partial charge in [-0.15, -0.1) is 6.58 Å². The highest BCUT2D eigenvalue weighted by Crippen LogP contribution is 2.23. The van der Waals surface area contributed by atoms with E-state index in [1.165, 1.54) is 5.56 Å². The minimum Gasteiger partial charge on any atom is -0.384 e. The maximum atomic E-state index is 12.0. The first-order chi connectivity index (χ1) is 7.72. The van der Waals surface area contributed by atoms with Crippen LogP contribution in [0.3, 0.4) is 0 Å². The number of hydrogen-bond donors (Lipinski definition) is 1. The minimum absolute atomic E-state index is 0.0506. The van der Waals surface area contributed by atoms with Gasteiger partial charge in [-0.3, -0.25) is 4.79 Å². The number of hydrogen-bond acceptors (Lipinski definition) is 2. The molecule has 0 spiro atoms. The zero-order valence-corrected chi connectivity index (χ0v) is 9.49. The van der Waals surface area contributed by atoms with Gasteiger partial charge in [-0.1, -0.05) is 6.08 Å². The first-order valence-electron chi connectivity index (χ1n) is 5.45. The molecule has 1 amide bonds. The van der Waals surface area contributed by atoms with E-state index in [1.54, 1.807) is 18.0 Å². The van der Waals surface area contributed by atoms with Gasteiger partial charge >= 0.3 is 0 Å². The molecular formula is C13H16N2O. The predicted molar refractivity (Wildman–Crippen MR) is 65.8 cm³/mol. The van der Waals surface area contributed by atoms with Crippen molar-refractivity contribution in [1.29, 1.82) is 0 Å². The van der Waals surface area contributed by atoms with Crippen molar-refractivity contribution in [2.45, 2.75) is 6.42 Å². The van der Waals surface area contributed by atoms with Crippen molar-refractivity contribution in [3.8, 4) is 0 Å². The van der Waals surface area contributed by atoms with Gasteiger partial charge in [-0.25, -0.2) is 0 Å². The normalized spacial score (nSPS) is 12.8. The summed E-state index contributed by atoms with van der Waals surface area (Å²) in [6.45, 7) is 5.18. The van der Waals surface area contributed by atoms with Crippen LogP contribution in [0.1, 0.15) is 15.9 Å². The Morgan fingerprint density at radius 1 is 1.62 bits per heavy atom. The summed E-state index contributed by atoms with van der Waals surface area (Å²) in [4.78, 5) is 13.7. The van der Waals surface area contributed by atoms with Crippen LogP contribution in [0.25, 0.3) is 0 Å². The molecule has 0 radical (unpaired) electrons. The molecule has 1 N–H and O–H groups in total. The number of carbonyl (C=O) groups is 1. The fourth-order valence-corrected chi connectivity index (χ4v) is 1.93. The fraction of sp³-hybridized carbons (Fsp3) is 0.308. The molecule has 16 heavy (non-hydrogen) atoms. The molecule has 0 bridgehead atoms. The van der Waals surface area contributed by atoms with E-state index in [4.69, 9.17) is 0 Å². The molecule has 84 valence electrons. The summed E-state index contributed by atoms with van der Waals surface area (Å²) in [6, 6.07) is 5.84. The maximum Gasteiger partial charge on any atom is 0.253 e. The summed E-state index contributed by atoms with van der Waals surface area (Å²) in [5, 5.41) is 3.28. The smallest absolute Gasteiger partial charge is 0.253 e. The SMILES string of the molecule is C=CCN(C)C(=O)c1ccc2c(c1)CCN2. The summed E-state index contributed by atoms with van der Waals surface area (Å²) in [5.41, 5.74) is 3.15. The molecule has 0 aliphatic carbocycles. The number of carbonyl (C=O) groups excluding carboxylic acids is 1. The van der Waals surface area contributed by atoms with Crippen LogP contribution in [0, 0.1) is 0 Å². The van der Waals surface area contributed by atoms with Crippen LogP contribution in [0.2, 0.25) is 0 Å². The van der Waals surface area contributed by atoms with Gasteiger partial charge in [0.15, 0.2) is 0 Å². The van der Waals surface area contributed by atoms with E-state index < -0.39 is 0 Å². The zero-order chi connectivity index (χ0) is 11.5. The second-order valence-corrected chi connectivity index (χ2v) is 4.02. The molecule has 1 aliphatic heterocycles. The zero-order valence-electron chi connectivity index (χ0n) is 9.49. The van der Waals surface area contributed by atoms with Crippen molar-refractivity contribution in [3.63, 3.8) is 0 Å². The van der Waals surface area contributed by atoms with E-state index in [2.05, 4.69) is 11.9 Å². The topological polar surface area (TPSA) is 32.3 Å². The molecule has 0 fully saturated rings. The largest absolute Gasteiger partial charge is 0.384 e. The van der Waals surface area contributed by atoms with Crippen LogP contribution in [-0.4, -0.2) is 30.9 Å². The summed E-state index contributed by atoms with van der Waals surface area (Å²) in [5.74, 6) is 0.0506. The van der Waals surface area contributed by atoms with Crippen LogP contribution < -0.4 is 5.32 Å². The molecule has 1 aromatic carbocycles. The van der Waals surface area contributed by atoms with Gasteiger partial charge in [-0.05, 0) is 30.2 Å². The lowest BCUT2D eigenvalue weighted by molar-refractivity contribution is 0.0810. The van der Waals surface area contributed by atoms with E-state index >= 15 is 0 Å². The monoisotopic (exact) mass is 216 g/mol. The predicted octanol–water partition coefficient (Wildman–Crippen LogP) is 1.91. The number of nitrogens with one attached hydrogen (secondary N) is 1. The molecular weight excluding hydrogens is 200 g/mol. The summed E-state index contributed by atoms with van der Waals surface area (Å²) in [7, 11) is 1.79. The van der Waals surface area contributed by atoms with Crippen LogP contribution in [0.4, 0.5) is 5.69 Å². The molecule has 3 heteroatoms. The van der Waals surface area contributed by atoms with Gasteiger partial charge in [-0.2, -0.15) is 0 Å². The van der Waals surface area contributed by atoms with Crippen LogP contribution >= 0.6 is 0 Å². The van der Waals surface area contributed by atoms with E-state index in [-0.39, 0.29) is 5.91 Å². The number of fused-ring (bicyclic) bond motifs is 1. The third kappa shape index (κ3) is 1.94. The van der Waals surface area contributed by atoms with Gasteiger partial charge in [0.1, 0.15) is 0 Å². The van der Waals surface area contributed by atoms with Crippen molar-refractivity contribution in [1.82, 2.24) is 4.90 Å². The lowest BCUT2D eigenvalue weighted by Gasteiger charge is -2.15. The quantitative estimate of drug-likeness (QED) is 0.783. The molecule has 0 unspecified atom stereocenters. The van der Waals surface area contributed by atoms with Crippen molar-refractivity contribution in [2.75, 3.05) is 25.5 Å². The number of likely N-dealkylation sites (N-methyl/N-ethyl adjacent to an activating group) is 1. The fourth-order valence-electron chi connectivity index (χ4n) is 1.93. The average Bonchev–Trinajstić information content (AvgIpc) is 2.75. The van der Waals surface area contributed by atoms with Crippen molar-refractivity contribution < 1.29 is 4.79 Å². The molecule has 0 saturated carbocycles. The summed E-state index contributed by atoms with van der Waals surface area (Å²) in [6.07, 6.45) is 2.73. The second-order valence-electron chi connectivity index (χ2n) is 4.02. The number of amides is 1. The lowest BCUT2D eigenvalue weighted by atomic mass is 10.1. The highest BCUT2D eigenvalue weighted by molar-refractivity contribution is 5.95. The van der Waals surface area contributed by atoms with Crippen LogP contribution in [0.15, 0.2) is 30.9 Å². The minimum atomic E-state index is 0.0506. The van der Waals surface area contributed by atoms with Crippen molar-refractivity contribution >= 4 is 11.6 Å². The molecule has 0 atom stereocenters. The molecule has 0 saturated heterocycles. The number of benzene rings is 1. The van der Waals surface area contributed by atoms with Gasteiger partial charge in [0.05, 0.1) is 0 Å². The Hall–Kier alpha value is -1.77. The van der Waals surface area contributed by atoms with Crippen molar-refractivity contribution in [3.05, 3.63) is 42.0 Å². The van der Waals surface area contributed by atoms with Gasteiger partial charge < -0.3 is 10.2 Å². The summed E-state index contributed by atoms with van der Waals surface area (Å²) < 4.78 is 0. The second kappa shape index (κ2) is 4.39. The standard InChI is InChI=1S/C13H16N2O/c1-3-8-15(2)13(16)11-4-5-12-10(9-11)6-7-14-12/h3-5,9,14H,1,6-8H2,2H3. The van der Waals surface area contributed by atoms with E-state index in [1.807, 2.05) is 18.2 Å². The number of rotatable bonds is 3. The molecule has 1 heterocycles. The highest BCUT2D eigenvalue weighted by Gasteiger charge is 2.15. The molecule has 1 aromatic rings. The molecule has 3 nitrogen and oxygen atoms in total. The Morgan fingerprint density at radius 3 is 3.19 bits per heavy atom. The van der Waals surface area contributed by atoms with Gasteiger partial charge in [0.2, 0.25) is 0 Å². The summed E-state index contributed by atoms with van der Waals surface area (Å²) >= 11 is 0. The first-order valence-corrected chi connectivity index (χ1v) is 5.45. The van der Waals surface area contributed by atoms with E-state index in [9.17, 15) is 4.79 Å². The Labute approximate surface area is 95.8 Å². The molecule has 1 aliphatic rings. The Bertz CT molecular complexity index is 426. The molecule has 2 rings (SSSR count). The third-order valence-corrected chi connectivity index (χ3v) is 2.81. The third-order valence-electron chi connectivity index (χ3n) is 2.81. The Kier molecular flexibility index (Phi) is 2.95. The highest BCUT2D eigenvalue weighted by atomic mass is 16.2. The van der Waals surface area contributed by atoms with E-state index in [0.717, 1.165) is 24.2 Å². The maximum absolute atomic E-state index is 12.0. The number of nitrogens with zero attached hydrogens (tertiary/aromatic N) is 1. The lowest BCUT2D eigenvalue weighted by Crippen LogP contribution is -2.26. The first kappa shape index (κ1) is 10.7. The number of anilines is 1. The van der Waals surface area contributed by atoms with Crippen LogP contribution in [-0.2, 0) is 6.42 Å². The van der Waals surface area contributed by atoms with Gasteiger partial charge in [0.25, 0.3) is 5.91 Å². The van der Waals surface area contributed by atoms with E-state index in [0.29, 0.717) is 6.54 Å². The molecule has 0 aromatic heterocycles. The van der Waals surface area contributed by atoms with Crippen LogP contribution in [0.5, 0.6) is 0 Å². The Balaban J connectivity index is 2.21. The Morgan fingerprint density at radius 2 is 2.44 bits per heavy atom.